The third kappa shape index (κ3) is 5.18. The van der Waals surface area contributed by atoms with E-state index in [4.69, 9.17) is 16.3 Å². The largest absolute Gasteiger partial charge is 0.486 e. The molecule has 3 rings (SSSR count). The van der Waals surface area contributed by atoms with Crippen LogP contribution in [0, 0.1) is 6.92 Å². The number of hydrogen-bond donors (Lipinski definition) is 1. The van der Waals surface area contributed by atoms with Crippen molar-refractivity contribution >= 4 is 45.7 Å². The lowest BCUT2D eigenvalue weighted by atomic mass is 10.2. The van der Waals surface area contributed by atoms with E-state index in [0.29, 0.717) is 33.4 Å². The van der Waals surface area contributed by atoms with Crippen molar-refractivity contribution in [1.82, 2.24) is 25.0 Å². The summed E-state index contributed by atoms with van der Waals surface area (Å²) in [6, 6.07) is 5.49. The van der Waals surface area contributed by atoms with Crippen molar-refractivity contribution in [2.45, 2.75) is 32.2 Å². The average molecular weight is 425 g/mol. The van der Waals surface area contributed by atoms with E-state index in [1.807, 2.05) is 30.5 Å². The molecule has 2 aromatic heterocycles. The van der Waals surface area contributed by atoms with E-state index in [1.165, 1.54) is 23.1 Å². The first-order chi connectivity index (χ1) is 13.1. The van der Waals surface area contributed by atoms with E-state index >= 15 is 0 Å². The number of carbonyl (C=O) groups excluding carboxylic acids is 1. The van der Waals surface area contributed by atoms with Crippen LogP contribution in [0.1, 0.15) is 18.3 Å². The van der Waals surface area contributed by atoms with E-state index in [2.05, 4.69) is 25.7 Å². The number of carbonyl (C=O) groups is 1. The van der Waals surface area contributed by atoms with Crippen LogP contribution < -0.4 is 10.1 Å². The van der Waals surface area contributed by atoms with Crippen LogP contribution in [0.2, 0.25) is 5.02 Å². The normalized spacial score (nSPS) is 10.8. The molecule has 1 aromatic carbocycles. The lowest BCUT2D eigenvalue weighted by Gasteiger charge is -2.09. The molecule has 0 aliphatic carbocycles. The molecular weight excluding hydrogens is 408 g/mol. The summed E-state index contributed by atoms with van der Waals surface area (Å²) in [5.74, 6) is 1.44. The molecule has 3 aromatic rings. The summed E-state index contributed by atoms with van der Waals surface area (Å²) in [5.41, 5.74) is 2.51. The third-order valence-electron chi connectivity index (χ3n) is 3.55. The first kappa shape index (κ1) is 19.6. The Morgan fingerprint density at radius 2 is 2.22 bits per heavy atom. The van der Waals surface area contributed by atoms with Crippen molar-refractivity contribution < 1.29 is 9.53 Å². The molecule has 8 nitrogen and oxygen atoms in total. The highest BCUT2D eigenvalue weighted by molar-refractivity contribution is 7.99. The number of rotatable bonds is 8. The van der Waals surface area contributed by atoms with Crippen LogP contribution in [0.3, 0.4) is 0 Å². The highest BCUT2D eigenvalue weighted by Gasteiger charge is 2.14. The average Bonchev–Trinajstić information content (AvgIpc) is 3.30. The van der Waals surface area contributed by atoms with Crippen LogP contribution in [-0.4, -0.2) is 36.6 Å². The number of aromatic nitrogens is 5. The lowest BCUT2D eigenvalue weighted by Crippen LogP contribution is -2.14. The van der Waals surface area contributed by atoms with Crippen molar-refractivity contribution in [2.24, 2.45) is 0 Å². The molecule has 2 heterocycles. The monoisotopic (exact) mass is 424 g/mol. The third-order valence-corrected chi connectivity index (χ3v) is 5.54. The minimum absolute atomic E-state index is 0.170. The van der Waals surface area contributed by atoms with Crippen molar-refractivity contribution in [3.63, 3.8) is 0 Å². The summed E-state index contributed by atoms with van der Waals surface area (Å²) < 4.78 is 7.72. The number of ether oxygens (including phenoxy) is 1. The molecule has 1 amide bonds. The molecule has 27 heavy (non-hydrogen) atoms. The summed E-state index contributed by atoms with van der Waals surface area (Å²) >= 11 is 8.61. The van der Waals surface area contributed by atoms with Gasteiger partial charge in [-0.25, -0.2) is 0 Å². The summed E-state index contributed by atoms with van der Waals surface area (Å²) in [4.78, 5) is 12.0. The molecule has 0 aliphatic heterocycles. The summed E-state index contributed by atoms with van der Waals surface area (Å²) in [7, 11) is 0. The number of thioether (sulfide) groups is 1. The highest BCUT2D eigenvalue weighted by Crippen LogP contribution is 2.23. The number of aryl methyl sites for hydroxylation is 1. The Bertz CT molecular complexity index is 916. The quantitative estimate of drug-likeness (QED) is 0.553. The predicted molar refractivity (Wildman–Crippen MR) is 105 cm³/mol. The van der Waals surface area contributed by atoms with Crippen LogP contribution in [-0.2, 0) is 17.9 Å². The van der Waals surface area contributed by atoms with Crippen molar-refractivity contribution in [3.05, 3.63) is 40.1 Å². The Hall–Kier alpha value is -2.17. The molecule has 0 atom stereocenters. The van der Waals surface area contributed by atoms with Gasteiger partial charge >= 0.3 is 0 Å². The fourth-order valence-corrected chi connectivity index (χ4v) is 3.62. The molecule has 0 spiro atoms. The van der Waals surface area contributed by atoms with Crippen LogP contribution in [0.4, 0.5) is 5.13 Å². The molecule has 142 valence electrons. The zero-order valence-electron chi connectivity index (χ0n) is 14.7. The Kier molecular flexibility index (Phi) is 6.64. The number of halogens is 1. The molecule has 0 unspecified atom stereocenters. The van der Waals surface area contributed by atoms with Crippen LogP contribution in [0.5, 0.6) is 5.75 Å². The zero-order valence-corrected chi connectivity index (χ0v) is 17.1. The van der Waals surface area contributed by atoms with E-state index in [0.717, 1.165) is 5.56 Å². The first-order valence-electron chi connectivity index (χ1n) is 8.06. The number of nitrogens with zero attached hydrogens (tertiary/aromatic N) is 5. The zero-order chi connectivity index (χ0) is 19.2. The SMILES string of the molecule is CCn1c(COc2ccc(Cl)c(C)c2)nnc1SCC(=O)Nc1nncs1. The van der Waals surface area contributed by atoms with Crippen LogP contribution >= 0.6 is 34.7 Å². The fourth-order valence-electron chi connectivity index (χ4n) is 2.22. The molecular formula is C16H17ClN6O2S2. The number of anilines is 1. The standard InChI is InChI=1S/C16H17ClN6O2S2/c1-3-23-13(7-25-11-4-5-12(17)10(2)6-11)20-22-16(23)26-8-14(24)19-15-21-18-9-27-15/h4-6,9H,3,7-8H2,1-2H3,(H,19,21,24). The fraction of sp³-hybridized carbons (Fsp3) is 0.312. The van der Waals surface area contributed by atoms with E-state index < -0.39 is 0 Å². The number of benzene rings is 1. The van der Waals surface area contributed by atoms with Gasteiger partial charge in [0.15, 0.2) is 11.0 Å². The molecule has 0 aliphatic rings. The van der Waals surface area contributed by atoms with Crippen molar-refractivity contribution in [3.8, 4) is 5.75 Å². The van der Waals surface area contributed by atoms with Crippen molar-refractivity contribution in [2.75, 3.05) is 11.1 Å². The smallest absolute Gasteiger partial charge is 0.236 e. The highest BCUT2D eigenvalue weighted by atomic mass is 35.5. The van der Waals surface area contributed by atoms with Gasteiger partial charge in [0, 0.05) is 11.6 Å². The molecule has 0 fully saturated rings. The number of hydrogen-bond acceptors (Lipinski definition) is 8. The first-order valence-corrected chi connectivity index (χ1v) is 10.3. The summed E-state index contributed by atoms with van der Waals surface area (Å²) in [5, 5.41) is 20.3. The second kappa shape index (κ2) is 9.16. The Balaban J connectivity index is 1.58. The minimum Gasteiger partial charge on any atom is -0.486 e. The topological polar surface area (TPSA) is 94.8 Å². The maximum Gasteiger partial charge on any atom is 0.236 e. The predicted octanol–water partition coefficient (Wildman–Crippen LogP) is 3.42. The molecule has 0 bridgehead atoms. The van der Waals surface area contributed by atoms with E-state index in [-0.39, 0.29) is 18.3 Å². The molecule has 0 radical (unpaired) electrons. The van der Waals surface area contributed by atoms with Gasteiger partial charge in [-0.15, -0.1) is 20.4 Å². The van der Waals surface area contributed by atoms with Gasteiger partial charge in [0.1, 0.15) is 17.9 Å². The second-order valence-corrected chi connectivity index (χ2v) is 7.61. The maximum absolute atomic E-state index is 12.0. The minimum atomic E-state index is -0.170. The molecule has 0 saturated heterocycles. The van der Waals surface area contributed by atoms with Gasteiger partial charge in [0.2, 0.25) is 11.0 Å². The molecule has 11 heteroatoms. The summed E-state index contributed by atoms with van der Waals surface area (Å²) in [6.45, 7) is 4.86. The van der Waals surface area contributed by atoms with Gasteiger partial charge in [-0.1, -0.05) is 34.7 Å². The molecule has 1 N–H and O–H groups in total. The van der Waals surface area contributed by atoms with Gasteiger partial charge in [0.05, 0.1) is 5.75 Å². The Labute approximate surface area is 169 Å². The number of nitrogens with one attached hydrogen (secondary N) is 1. The maximum atomic E-state index is 12.0. The van der Waals surface area contributed by atoms with Crippen LogP contribution in [0.15, 0.2) is 28.9 Å². The Morgan fingerprint density at radius 1 is 1.37 bits per heavy atom. The van der Waals surface area contributed by atoms with Gasteiger partial charge in [-0.3, -0.25) is 10.1 Å². The van der Waals surface area contributed by atoms with Gasteiger partial charge < -0.3 is 9.30 Å². The van der Waals surface area contributed by atoms with Gasteiger partial charge in [-0.05, 0) is 37.6 Å². The Morgan fingerprint density at radius 3 is 2.93 bits per heavy atom. The van der Waals surface area contributed by atoms with E-state index in [9.17, 15) is 4.79 Å². The lowest BCUT2D eigenvalue weighted by molar-refractivity contribution is -0.113. The van der Waals surface area contributed by atoms with E-state index in [1.54, 1.807) is 11.6 Å². The van der Waals surface area contributed by atoms with Gasteiger partial charge in [-0.2, -0.15) is 0 Å². The van der Waals surface area contributed by atoms with Gasteiger partial charge in [0.25, 0.3) is 0 Å². The summed E-state index contributed by atoms with van der Waals surface area (Å²) in [6.07, 6.45) is 0. The van der Waals surface area contributed by atoms with Crippen LogP contribution in [0.25, 0.3) is 0 Å². The second-order valence-electron chi connectivity index (χ2n) is 5.42. The van der Waals surface area contributed by atoms with Crippen molar-refractivity contribution in [1.29, 1.82) is 0 Å². The molecule has 0 saturated carbocycles. The number of amides is 1.